The summed E-state index contributed by atoms with van der Waals surface area (Å²) < 4.78 is 15.3. The predicted molar refractivity (Wildman–Crippen MR) is 81.1 cm³/mol. The van der Waals surface area contributed by atoms with Gasteiger partial charge in [0.1, 0.15) is 16.9 Å². The van der Waals surface area contributed by atoms with Crippen LogP contribution in [0, 0.1) is 5.92 Å². The first-order valence-corrected chi connectivity index (χ1v) is 7.09. The fourth-order valence-electron chi connectivity index (χ4n) is 2.39. The molecular formula is C16H21NO5. The molecule has 0 spiro atoms. The number of hydrogen-bond acceptors (Lipinski definition) is 5. The van der Waals surface area contributed by atoms with Crippen LogP contribution in [-0.2, 0) is 14.3 Å². The normalized spacial score (nSPS) is 16.5. The number of esters is 1. The summed E-state index contributed by atoms with van der Waals surface area (Å²) in [4.78, 5) is 24.2. The summed E-state index contributed by atoms with van der Waals surface area (Å²) in [7, 11) is 4.29. The van der Waals surface area contributed by atoms with E-state index in [4.69, 9.17) is 14.2 Å². The molecule has 1 atom stereocenters. The van der Waals surface area contributed by atoms with Crippen molar-refractivity contribution < 1.29 is 23.8 Å². The molecule has 0 radical (unpaired) electrons. The van der Waals surface area contributed by atoms with Crippen molar-refractivity contribution in [1.82, 2.24) is 0 Å². The number of benzene rings is 1. The van der Waals surface area contributed by atoms with E-state index in [0.717, 1.165) is 12.8 Å². The third-order valence-corrected chi connectivity index (χ3v) is 4.09. The van der Waals surface area contributed by atoms with Gasteiger partial charge in [0.25, 0.3) is 5.91 Å². The Hall–Kier alpha value is -2.08. The lowest BCUT2D eigenvalue weighted by Gasteiger charge is -2.26. The summed E-state index contributed by atoms with van der Waals surface area (Å²) in [5.74, 6) is -0.125. The average Bonchev–Trinajstić information content (AvgIpc) is 3.38. The zero-order valence-electron chi connectivity index (χ0n) is 13.3. The highest BCUT2D eigenvalue weighted by molar-refractivity contribution is 5.99. The molecule has 6 nitrogen and oxygen atoms in total. The van der Waals surface area contributed by atoms with Crippen molar-refractivity contribution in [3.63, 3.8) is 0 Å². The van der Waals surface area contributed by atoms with E-state index in [1.54, 1.807) is 19.1 Å². The number of ether oxygens (including phenoxy) is 3. The minimum absolute atomic E-state index is 0.224. The van der Waals surface area contributed by atoms with E-state index < -0.39 is 11.6 Å². The second kappa shape index (κ2) is 6.36. The third-order valence-electron chi connectivity index (χ3n) is 4.09. The number of hydrogen-bond donors (Lipinski definition) is 1. The molecule has 0 unspecified atom stereocenters. The Labute approximate surface area is 129 Å². The summed E-state index contributed by atoms with van der Waals surface area (Å²) in [6, 6.07) is 4.82. The molecule has 2 rings (SSSR count). The molecule has 0 aliphatic heterocycles. The molecule has 6 heteroatoms. The molecule has 1 aromatic carbocycles. The molecule has 1 aromatic rings. The van der Waals surface area contributed by atoms with Crippen LogP contribution >= 0.6 is 0 Å². The first-order valence-electron chi connectivity index (χ1n) is 7.09. The number of amides is 1. The summed E-state index contributed by atoms with van der Waals surface area (Å²) >= 11 is 0. The van der Waals surface area contributed by atoms with Crippen molar-refractivity contribution in [2.75, 3.05) is 26.6 Å². The van der Waals surface area contributed by atoms with E-state index in [2.05, 4.69) is 5.32 Å². The van der Waals surface area contributed by atoms with Crippen LogP contribution in [0.5, 0.6) is 5.75 Å². The van der Waals surface area contributed by atoms with Crippen LogP contribution < -0.4 is 10.1 Å². The van der Waals surface area contributed by atoms with Gasteiger partial charge in [-0.1, -0.05) is 0 Å². The summed E-state index contributed by atoms with van der Waals surface area (Å²) in [6.07, 6.45) is 1.96. The van der Waals surface area contributed by atoms with Gasteiger partial charge in [-0.3, -0.25) is 4.79 Å². The number of anilines is 1. The van der Waals surface area contributed by atoms with Gasteiger partial charge in [-0.05, 0) is 43.9 Å². The van der Waals surface area contributed by atoms with E-state index in [9.17, 15) is 9.59 Å². The maximum Gasteiger partial charge on any atom is 0.341 e. The van der Waals surface area contributed by atoms with Gasteiger partial charge in [-0.25, -0.2) is 4.79 Å². The van der Waals surface area contributed by atoms with Crippen LogP contribution in [0.15, 0.2) is 18.2 Å². The van der Waals surface area contributed by atoms with Gasteiger partial charge in [0.2, 0.25) is 0 Å². The molecule has 1 saturated carbocycles. The monoisotopic (exact) mass is 307 g/mol. The van der Waals surface area contributed by atoms with Gasteiger partial charge >= 0.3 is 5.97 Å². The first-order chi connectivity index (χ1) is 10.5. The summed E-state index contributed by atoms with van der Waals surface area (Å²) in [5, 5.41) is 2.80. The van der Waals surface area contributed by atoms with Gasteiger partial charge < -0.3 is 19.5 Å². The van der Waals surface area contributed by atoms with Crippen molar-refractivity contribution in [2.24, 2.45) is 5.92 Å². The van der Waals surface area contributed by atoms with Crippen LogP contribution in [-0.4, -0.2) is 38.8 Å². The molecule has 1 amide bonds. The van der Waals surface area contributed by atoms with E-state index in [1.165, 1.54) is 27.4 Å². The quantitative estimate of drug-likeness (QED) is 0.816. The zero-order valence-corrected chi connectivity index (χ0v) is 13.3. The highest BCUT2D eigenvalue weighted by Crippen LogP contribution is 2.42. The molecule has 120 valence electrons. The van der Waals surface area contributed by atoms with Gasteiger partial charge in [-0.15, -0.1) is 0 Å². The Kier molecular flexibility index (Phi) is 4.71. The molecular weight excluding hydrogens is 286 g/mol. The van der Waals surface area contributed by atoms with Crippen LogP contribution in [0.25, 0.3) is 0 Å². The third kappa shape index (κ3) is 3.06. The number of methoxy groups -OCH3 is 3. The van der Waals surface area contributed by atoms with E-state index in [1.807, 2.05) is 0 Å². The van der Waals surface area contributed by atoms with Gasteiger partial charge in [0, 0.05) is 12.8 Å². The molecule has 1 fully saturated rings. The largest absolute Gasteiger partial charge is 0.496 e. The van der Waals surface area contributed by atoms with E-state index in [0.29, 0.717) is 11.4 Å². The Balaban J connectivity index is 2.22. The van der Waals surface area contributed by atoms with E-state index >= 15 is 0 Å². The fraction of sp³-hybridized carbons (Fsp3) is 0.500. The smallest absolute Gasteiger partial charge is 0.341 e. The van der Waals surface area contributed by atoms with Crippen LogP contribution in [0.4, 0.5) is 5.69 Å². The van der Waals surface area contributed by atoms with E-state index in [-0.39, 0.29) is 17.4 Å². The molecule has 1 aliphatic rings. The lowest BCUT2D eigenvalue weighted by molar-refractivity contribution is -0.138. The zero-order chi connectivity index (χ0) is 16.3. The maximum absolute atomic E-state index is 12.5. The molecule has 1 N–H and O–H groups in total. The molecule has 0 heterocycles. The molecule has 0 bridgehead atoms. The lowest BCUT2D eigenvalue weighted by Crippen LogP contribution is -2.44. The van der Waals surface area contributed by atoms with Gasteiger partial charge in [0.05, 0.1) is 14.2 Å². The summed E-state index contributed by atoms with van der Waals surface area (Å²) in [6.45, 7) is 1.78. The molecule has 0 aromatic heterocycles. The Morgan fingerprint density at radius 2 is 1.91 bits per heavy atom. The van der Waals surface area contributed by atoms with Crippen molar-refractivity contribution >= 4 is 17.6 Å². The van der Waals surface area contributed by atoms with Crippen LogP contribution in [0.1, 0.15) is 30.1 Å². The summed E-state index contributed by atoms with van der Waals surface area (Å²) in [5.41, 5.74) is -0.103. The number of carbonyl (C=O) groups excluding carboxylic acids is 2. The Bertz CT molecular complexity index is 582. The van der Waals surface area contributed by atoms with Gasteiger partial charge in [-0.2, -0.15) is 0 Å². The SMILES string of the molecule is COC(=O)c1cc(NC(=O)[C@](C)(OC)C2CC2)ccc1OC. The molecule has 22 heavy (non-hydrogen) atoms. The number of carbonyl (C=O) groups is 2. The average molecular weight is 307 g/mol. The van der Waals surface area contributed by atoms with Crippen molar-refractivity contribution in [2.45, 2.75) is 25.4 Å². The van der Waals surface area contributed by atoms with Crippen molar-refractivity contribution in [3.05, 3.63) is 23.8 Å². The highest BCUT2D eigenvalue weighted by atomic mass is 16.5. The van der Waals surface area contributed by atoms with Crippen molar-refractivity contribution in [1.29, 1.82) is 0 Å². The standard InChI is InChI=1S/C16H21NO5/c1-16(22-4,10-5-6-10)15(19)17-11-7-8-13(20-2)12(9-11)14(18)21-3/h7-10H,5-6H2,1-4H3,(H,17,19)/t16-/m1/s1. The first kappa shape index (κ1) is 16.3. The highest BCUT2D eigenvalue weighted by Gasteiger charge is 2.47. The second-order valence-electron chi connectivity index (χ2n) is 5.45. The Morgan fingerprint density at radius 1 is 1.23 bits per heavy atom. The van der Waals surface area contributed by atoms with Crippen molar-refractivity contribution in [3.8, 4) is 5.75 Å². The maximum atomic E-state index is 12.5. The lowest BCUT2D eigenvalue weighted by atomic mass is 9.99. The minimum atomic E-state index is -0.856. The van der Waals surface area contributed by atoms with Gasteiger partial charge in [0.15, 0.2) is 0 Å². The minimum Gasteiger partial charge on any atom is -0.496 e. The second-order valence-corrected chi connectivity index (χ2v) is 5.45. The molecule has 0 saturated heterocycles. The molecule has 1 aliphatic carbocycles. The Morgan fingerprint density at radius 3 is 2.41 bits per heavy atom. The van der Waals surface area contributed by atoms with Crippen LogP contribution in [0.3, 0.4) is 0 Å². The number of rotatable bonds is 6. The van der Waals surface area contributed by atoms with Crippen LogP contribution in [0.2, 0.25) is 0 Å². The predicted octanol–water partition coefficient (Wildman–Crippen LogP) is 2.24. The topological polar surface area (TPSA) is 73.9 Å². The fourth-order valence-corrected chi connectivity index (χ4v) is 2.39. The number of nitrogens with one attached hydrogen (secondary N) is 1.